The Balaban J connectivity index is 2.59. The molecular weight excluding hydrogens is 291 g/mol. The van der Waals surface area contributed by atoms with Gasteiger partial charge in [-0.3, -0.25) is 4.79 Å². The highest BCUT2D eigenvalue weighted by Gasteiger charge is 2.09. The molecule has 0 aliphatic rings. The van der Waals surface area contributed by atoms with Crippen molar-refractivity contribution in [3.8, 4) is 0 Å². The number of halogens is 2. The molecule has 1 rings (SSSR count). The van der Waals surface area contributed by atoms with Crippen molar-refractivity contribution in [2.45, 2.75) is 25.5 Å². The minimum atomic E-state index is -0.303. The first-order chi connectivity index (χ1) is 7.49. The molecule has 0 N–H and O–H groups in total. The van der Waals surface area contributed by atoms with Gasteiger partial charge in [0.05, 0.1) is 5.75 Å². The molecular formula is C12H14BrFOS. The molecule has 0 unspecified atom stereocenters. The van der Waals surface area contributed by atoms with E-state index in [4.69, 9.17) is 0 Å². The molecule has 0 fully saturated rings. The van der Waals surface area contributed by atoms with Gasteiger partial charge in [0.1, 0.15) is 11.6 Å². The van der Waals surface area contributed by atoms with Gasteiger partial charge in [0, 0.05) is 10.9 Å². The minimum absolute atomic E-state index is 0.130. The van der Waals surface area contributed by atoms with Gasteiger partial charge in [-0.25, -0.2) is 4.39 Å². The van der Waals surface area contributed by atoms with E-state index in [1.54, 1.807) is 17.8 Å². The number of hydrogen-bond acceptors (Lipinski definition) is 2. The zero-order valence-corrected chi connectivity index (χ0v) is 11.7. The Morgan fingerprint density at radius 1 is 1.50 bits per heavy atom. The van der Waals surface area contributed by atoms with Crippen LogP contribution in [-0.4, -0.2) is 16.8 Å². The fraction of sp³-hybridized carbons (Fsp3) is 0.417. The summed E-state index contributed by atoms with van der Waals surface area (Å²) in [5.74, 6) is 0.313. The number of hydrogen-bond donors (Lipinski definition) is 0. The molecule has 1 aromatic carbocycles. The average Bonchev–Trinajstić information content (AvgIpc) is 2.20. The molecule has 0 aliphatic carbocycles. The fourth-order valence-corrected chi connectivity index (χ4v) is 2.21. The highest BCUT2D eigenvalue weighted by atomic mass is 79.9. The summed E-state index contributed by atoms with van der Waals surface area (Å²) >= 11 is 4.92. The smallest absolute Gasteiger partial charge is 0.147 e. The lowest BCUT2D eigenvalue weighted by Crippen LogP contribution is -2.08. The number of carbonyl (C=O) groups is 1. The van der Waals surface area contributed by atoms with Crippen LogP contribution in [0.15, 0.2) is 22.7 Å². The minimum Gasteiger partial charge on any atom is -0.298 e. The van der Waals surface area contributed by atoms with Gasteiger partial charge < -0.3 is 0 Å². The normalized spacial score (nSPS) is 10.8. The van der Waals surface area contributed by atoms with Gasteiger partial charge in [-0.2, -0.15) is 11.8 Å². The van der Waals surface area contributed by atoms with Crippen LogP contribution in [0.5, 0.6) is 0 Å². The summed E-state index contributed by atoms with van der Waals surface area (Å²) in [4.78, 5) is 11.6. The average molecular weight is 305 g/mol. The van der Waals surface area contributed by atoms with Gasteiger partial charge in [-0.15, -0.1) is 0 Å². The lowest BCUT2D eigenvalue weighted by Gasteiger charge is -2.06. The molecule has 0 amide bonds. The Kier molecular flexibility index (Phi) is 5.49. The molecule has 0 aliphatic heterocycles. The maximum atomic E-state index is 13.0. The van der Waals surface area contributed by atoms with E-state index < -0.39 is 0 Å². The van der Waals surface area contributed by atoms with E-state index in [1.807, 2.05) is 0 Å². The maximum Gasteiger partial charge on any atom is 0.147 e. The molecule has 0 spiro atoms. The second kappa shape index (κ2) is 6.40. The Morgan fingerprint density at radius 2 is 2.19 bits per heavy atom. The summed E-state index contributed by atoms with van der Waals surface area (Å²) in [6.45, 7) is 4.10. The second-order valence-corrected chi connectivity index (χ2v) is 6.23. The first-order valence-electron chi connectivity index (χ1n) is 5.06. The monoisotopic (exact) mass is 304 g/mol. The van der Waals surface area contributed by atoms with Gasteiger partial charge in [0.15, 0.2) is 0 Å². The first-order valence-corrected chi connectivity index (χ1v) is 6.90. The van der Waals surface area contributed by atoms with Crippen LogP contribution >= 0.6 is 27.7 Å². The molecule has 16 heavy (non-hydrogen) atoms. The topological polar surface area (TPSA) is 17.1 Å². The number of carbonyl (C=O) groups excluding carboxylic acids is 1. The van der Waals surface area contributed by atoms with Crippen LogP contribution < -0.4 is 0 Å². The van der Waals surface area contributed by atoms with Crippen LogP contribution in [0.4, 0.5) is 4.39 Å². The molecule has 1 aromatic rings. The second-order valence-electron chi connectivity index (χ2n) is 3.81. The largest absolute Gasteiger partial charge is 0.298 e. The van der Waals surface area contributed by atoms with Gasteiger partial charge in [0.25, 0.3) is 0 Å². The molecule has 0 bridgehead atoms. The van der Waals surface area contributed by atoms with Crippen molar-refractivity contribution in [2.24, 2.45) is 0 Å². The van der Waals surface area contributed by atoms with E-state index >= 15 is 0 Å². The van der Waals surface area contributed by atoms with Crippen LogP contribution in [-0.2, 0) is 11.2 Å². The number of ketones is 1. The molecule has 1 nitrogen and oxygen atoms in total. The summed E-state index contributed by atoms with van der Waals surface area (Å²) in [6, 6.07) is 4.41. The summed E-state index contributed by atoms with van der Waals surface area (Å²) in [5, 5.41) is 0.444. The summed E-state index contributed by atoms with van der Waals surface area (Å²) in [6.07, 6.45) is 0.290. The quantitative estimate of drug-likeness (QED) is 0.822. The number of rotatable bonds is 5. The lowest BCUT2D eigenvalue weighted by molar-refractivity contribution is -0.116. The summed E-state index contributed by atoms with van der Waals surface area (Å²) in [5.41, 5.74) is 0.717. The Morgan fingerprint density at radius 3 is 2.81 bits per heavy atom. The Bertz CT molecular complexity index is 379. The predicted molar refractivity (Wildman–Crippen MR) is 70.4 cm³/mol. The van der Waals surface area contributed by atoms with E-state index in [2.05, 4.69) is 29.8 Å². The molecule has 0 saturated carbocycles. The summed E-state index contributed by atoms with van der Waals surface area (Å²) in [7, 11) is 0. The standard InChI is InChI=1S/C12H14BrFOS/c1-8(2)16-7-11(15)6-9-5-10(14)3-4-12(9)13/h3-5,8H,6-7H2,1-2H3. The van der Waals surface area contributed by atoms with Crippen LogP contribution in [0, 0.1) is 5.82 Å². The fourth-order valence-electron chi connectivity index (χ4n) is 1.20. The van der Waals surface area contributed by atoms with Gasteiger partial charge in [-0.05, 0) is 29.0 Å². The van der Waals surface area contributed by atoms with E-state index in [9.17, 15) is 9.18 Å². The zero-order valence-electron chi connectivity index (χ0n) is 9.30. The molecule has 88 valence electrons. The highest BCUT2D eigenvalue weighted by molar-refractivity contribution is 9.10. The van der Waals surface area contributed by atoms with E-state index in [1.165, 1.54) is 12.1 Å². The van der Waals surface area contributed by atoms with E-state index in [0.717, 1.165) is 4.47 Å². The van der Waals surface area contributed by atoms with Crippen molar-refractivity contribution in [1.29, 1.82) is 0 Å². The van der Waals surface area contributed by atoms with Crippen LogP contribution in [0.25, 0.3) is 0 Å². The molecule has 0 saturated heterocycles. The third-order valence-corrected chi connectivity index (χ3v) is 3.90. The van der Waals surface area contributed by atoms with Crippen LogP contribution in [0.1, 0.15) is 19.4 Å². The molecule has 0 atom stereocenters. The van der Waals surface area contributed by atoms with E-state index in [-0.39, 0.29) is 18.0 Å². The zero-order chi connectivity index (χ0) is 12.1. The molecule has 0 aromatic heterocycles. The van der Waals surface area contributed by atoms with Gasteiger partial charge in [-0.1, -0.05) is 29.8 Å². The Hall–Kier alpha value is -0.350. The van der Waals surface area contributed by atoms with Crippen molar-refractivity contribution in [1.82, 2.24) is 0 Å². The van der Waals surface area contributed by atoms with Gasteiger partial charge in [0.2, 0.25) is 0 Å². The van der Waals surface area contributed by atoms with Crippen molar-refractivity contribution in [3.63, 3.8) is 0 Å². The third-order valence-electron chi connectivity index (χ3n) is 1.97. The SMILES string of the molecule is CC(C)SCC(=O)Cc1cc(F)ccc1Br. The van der Waals surface area contributed by atoms with Crippen molar-refractivity contribution in [3.05, 3.63) is 34.1 Å². The van der Waals surface area contributed by atoms with Crippen LogP contribution in [0.3, 0.4) is 0 Å². The lowest BCUT2D eigenvalue weighted by atomic mass is 10.1. The van der Waals surface area contributed by atoms with E-state index in [0.29, 0.717) is 16.6 Å². The number of Topliss-reactive ketones (excluding diaryl/α,β-unsaturated/α-hetero) is 1. The molecule has 0 heterocycles. The van der Waals surface area contributed by atoms with Crippen molar-refractivity contribution in [2.75, 3.05) is 5.75 Å². The maximum absolute atomic E-state index is 13.0. The molecule has 0 radical (unpaired) electrons. The number of benzene rings is 1. The van der Waals surface area contributed by atoms with Gasteiger partial charge >= 0.3 is 0 Å². The van der Waals surface area contributed by atoms with Crippen molar-refractivity contribution < 1.29 is 9.18 Å². The molecule has 4 heteroatoms. The Labute approximate surface area is 108 Å². The predicted octanol–water partition coefficient (Wildman–Crippen LogP) is 3.84. The van der Waals surface area contributed by atoms with Crippen LogP contribution in [0.2, 0.25) is 0 Å². The first kappa shape index (κ1) is 13.7. The summed E-state index contributed by atoms with van der Waals surface area (Å²) < 4.78 is 13.8. The van der Waals surface area contributed by atoms with Crippen molar-refractivity contribution >= 4 is 33.5 Å². The third kappa shape index (κ3) is 4.66. The number of thioether (sulfide) groups is 1. The highest BCUT2D eigenvalue weighted by Crippen LogP contribution is 2.19.